The summed E-state index contributed by atoms with van der Waals surface area (Å²) in [6, 6.07) is 27.1. The predicted molar refractivity (Wildman–Crippen MR) is 129 cm³/mol. The maximum atomic E-state index is 6.81. The smallest absolute Gasteiger partial charge is 0.202 e. The molecule has 1 aliphatic rings. The third-order valence-electron chi connectivity index (χ3n) is 5.72. The number of unbranched alkanes of at least 4 members (excludes halogenated alkanes) is 2. The molecule has 0 bridgehead atoms. The number of hydrogen-bond acceptors (Lipinski definition) is 3. The highest BCUT2D eigenvalue weighted by molar-refractivity contribution is 8.00. The Morgan fingerprint density at radius 2 is 1.61 bits per heavy atom. The first-order chi connectivity index (χ1) is 14.8. The van der Waals surface area contributed by atoms with Crippen molar-refractivity contribution in [3.8, 4) is 5.75 Å². The summed E-state index contributed by atoms with van der Waals surface area (Å²) in [7, 11) is 0. The van der Waals surface area contributed by atoms with Crippen LogP contribution in [0, 0.1) is 0 Å². The van der Waals surface area contributed by atoms with Crippen LogP contribution in [0.5, 0.6) is 5.75 Å². The normalized spacial score (nSPS) is 19.3. The molecule has 2 unspecified atom stereocenters. The van der Waals surface area contributed by atoms with Gasteiger partial charge in [0.05, 0.1) is 18.0 Å². The average Bonchev–Trinajstić information content (AvgIpc) is 3.09. The molecule has 2 N–H and O–H groups in total. The van der Waals surface area contributed by atoms with E-state index in [1.807, 2.05) is 36.4 Å². The quantitative estimate of drug-likeness (QED) is 0.254. The van der Waals surface area contributed by atoms with Crippen LogP contribution in [0.1, 0.15) is 24.8 Å². The molecule has 0 amide bonds. The zero-order valence-corrected chi connectivity index (χ0v) is 20.6. The van der Waals surface area contributed by atoms with Crippen LogP contribution in [0.2, 0.25) is 0 Å². The summed E-state index contributed by atoms with van der Waals surface area (Å²) in [5.74, 6) is 0.938. The first-order valence-electron chi connectivity index (χ1n) is 10.5. The second-order valence-electron chi connectivity index (χ2n) is 7.56. The van der Waals surface area contributed by atoms with Gasteiger partial charge in [-0.1, -0.05) is 55.1 Å². The molecule has 1 aliphatic heterocycles. The van der Waals surface area contributed by atoms with E-state index in [1.165, 1.54) is 21.8 Å². The number of para-hydroxylation sites is 3. The third kappa shape index (κ3) is 5.00. The second-order valence-corrected chi connectivity index (χ2v) is 8.72. The van der Waals surface area contributed by atoms with Crippen molar-refractivity contribution >= 4 is 29.2 Å². The van der Waals surface area contributed by atoms with Crippen molar-refractivity contribution in [1.82, 2.24) is 4.48 Å². The van der Waals surface area contributed by atoms with Gasteiger partial charge >= 0.3 is 0 Å². The van der Waals surface area contributed by atoms with Crippen molar-refractivity contribution in [3.05, 3.63) is 91.0 Å². The molecule has 0 saturated heterocycles. The Labute approximate surface area is 206 Å². The van der Waals surface area contributed by atoms with E-state index in [4.69, 9.17) is 10.5 Å². The molecule has 3 aromatic carbocycles. The van der Waals surface area contributed by atoms with E-state index in [0.29, 0.717) is 4.48 Å². The Balaban J connectivity index is 0.00000272. The lowest BCUT2D eigenvalue weighted by Gasteiger charge is -2.38. The van der Waals surface area contributed by atoms with E-state index in [2.05, 4.69) is 55.1 Å². The van der Waals surface area contributed by atoms with Gasteiger partial charge in [-0.3, -0.25) is 5.73 Å². The van der Waals surface area contributed by atoms with Gasteiger partial charge in [0, 0.05) is 5.56 Å². The summed E-state index contributed by atoms with van der Waals surface area (Å²) < 4.78 is 6.52. The number of halogens is 1. The number of benzene rings is 3. The van der Waals surface area contributed by atoms with Crippen molar-refractivity contribution < 1.29 is 28.7 Å². The van der Waals surface area contributed by atoms with Crippen LogP contribution in [0.3, 0.4) is 0 Å². The Hall–Kier alpha value is -1.80. The molecule has 3 nitrogen and oxygen atoms in total. The topological polar surface area (TPSA) is 35.2 Å². The number of thioether (sulfide) groups is 1. The van der Waals surface area contributed by atoms with Crippen LogP contribution in [-0.4, -0.2) is 18.6 Å². The molecule has 0 aliphatic carbocycles. The zero-order chi connectivity index (χ0) is 20.8. The minimum atomic E-state index is -0.0657. The number of rotatable bonds is 9. The average molecular weight is 545 g/mol. The largest absolute Gasteiger partial charge is 1.00 e. The Kier molecular flexibility index (Phi) is 8.60. The van der Waals surface area contributed by atoms with Gasteiger partial charge in [0.1, 0.15) is 11.4 Å². The van der Waals surface area contributed by atoms with Crippen LogP contribution in [0.4, 0.5) is 11.4 Å². The lowest BCUT2D eigenvalue weighted by molar-refractivity contribution is -0.00000642. The molecule has 2 atom stereocenters. The molecule has 1 heterocycles. The monoisotopic (exact) mass is 544 g/mol. The number of nitrogens with two attached hydrogens (primary N) is 1. The fourth-order valence-corrected chi connectivity index (χ4v) is 5.58. The third-order valence-corrected chi connectivity index (χ3v) is 6.90. The van der Waals surface area contributed by atoms with Gasteiger partial charge < -0.3 is 28.7 Å². The molecule has 162 valence electrons. The summed E-state index contributed by atoms with van der Waals surface area (Å²) in [5, 5.41) is 0. The van der Waals surface area contributed by atoms with Crippen LogP contribution in [0.25, 0.3) is 6.08 Å². The van der Waals surface area contributed by atoms with Crippen LogP contribution in [0.15, 0.2) is 90.3 Å². The minimum Gasteiger partial charge on any atom is -1.00 e. The maximum Gasteiger partial charge on any atom is 0.202 e. The number of quaternary nitrogens is 1. The van der Waals surface area contributed by atoms with Crippen molar-refractivity contribution in [2.24, 2.45) is 5.73 Å². The van der Waals surface area contributed by atoms with Crippen molar-refractivity contribution in [2.75, 3.05) is 13.2 Å². The summed E-state index contributed by atoms with van der Waals surface area (Å²) >= 11 is 1.77. The Bertz CT molecular complexity index is 983. The SMILES string of the molecule is C=Cc1cccc2c1[N+](CCCCCOc1ccccc1)(c1ccccc1)C(N)S2.[I-]. The summed E-state index contributed by atoms with van der Waals surface area (Å²) in [4.78, 5) is 1.26. The molecular formula is C26H29IN2OS. The fraction of sp³-hybridized carbons (Fsp3) is 0.231. The van der Waals surface area contributed by atoms with Gasteiger partial charge in [-0.2, -0.15) is 0 Å². The Morgan fingerprint density at radius 1 is 0.903 bits per heavy atom. The Morgan fingerprint density at radius 3 is 2.32 bits per heavy atom. The van der Waals surface area contributed by atoms with Crippen LogP contribution >= 0.6 is 11.8 Å². The first kappa shape index (κ1) is 23.9. The van der Waals surface area contributed by atoms with E-state index in [0.717, 1.165) is 38.2 Å². The number of nitrogens with zero attached hydrogens (tertiary/aromatic N) is 1. The number of fused-ring (bicyclic) bond motifs is 1. The highest BCUT2D eigenvalue weighted by atomic mass is 127. The minimum absolute atomic E-state index is 0. The predicted octanol–water partition coefficient (Wildman–Crippen LogP) is 3.57. The van der Waals surface area contributed by atoms with E-state index in [9.17, 15) is 0 Å². The number of hydrogen-bond donors (Lipinski definition) is 1. The van der Waals surface area contributed by atoms with E-state index in [-0.39, 0.29) is 29.5 Å². The van der Waals surface area contributed by atoms with E-state index >= 15 is 0 Å². The molecule has 0 radical (unpaired) electrons. The van der Waals surface area contributed by atoms with E-state index in [1.54, 1.807) is 11.8 Å². The lowest BCUT2D eigenvalue weighted by atomic mass is 10.1. The van der Waals surface area contributed by atoms with Crippen molar-refractivity contribution in [2.45, 2.75) is 29.7 Å². The summed E-state index contributed by atoms with van der Waals surface area (Å²) in [5.41, 5.74) is 10.4. The molecule has 5 heteroatoms. The molecule has 4 rings (SSSR count). The van der Waals surface area contributed by atoms with Gasteiger partial charge in [-0.15, -0.1) is 0 Å². The van der Waals surface area contributed by atoms with Crippen molar-refractivity contribution in [3.63, 3.8) is 0 Å². The van der Waals surface area contributed by atoms with Crippen LogP contribution < -0.4 is 38.9 Å². The molecular weight excluding hydrogens is 515 g/mol. The van der Waals surface area contributed by atoms with Gasteiger partial charge in [-0.05, 0) is 67.4 Å². The standard InChI is InChI=1S/C26H29N2OS.HI/c1-2-21-13-12-18-24-25(21)28(26(27)30-24,22-14-6-3-7-15-22)19-10-5-11-20-29-23-16-8-4-9-17-23;/h2-4,6-9,12-18,26H,1,5,10-11,19-20,27H2;1H/q+1;/p-1. The van der Waals surface area contributed by atoms with Gasteiger partial charge in [0.2, 0.25) is 5.50 Å². The fourth-order valence-electron chi connectivity index (χ4n) is 4.26. The lowest BCUT2D eigenvalue weighted by Crippen LogP contribution is -3.00. The molecule has 0 aromatic heterocycles. The van der Waals surface area contributed by atoms with Crippen LogP contribution in [-0.2, 0) is 0 Å². The second kappa shape index (κ2) is 11.2. The van der Waals surface area contributed by atoms with Gasteiger partial charge in [0.25, 0.3) is 0 Å². The summed E-state index contributed by atoms with van der Waals surface area (Å²) in [6.07, 6.45) is 5.16. The number of ether oxygens (including phenoxy) is 1. The van der Waals surface area contributed by atoms with E-state index < -0.39 is 0 Å². The van der Waals surface area contributed by atoms with Crippen molar-refractivity contribution in [1.29, 1.82) is 0 Å². The zero-order valence-electron chi connectivity index (χ0n) is 17.6. The molecule has 0 saturated carbocycles. The molecule has 0 fully saturated rings. The molecule has 3 aromatic rings. The summed E-state index contributed by atoms with van der Waals surface area (Å²) in [6.45, 7) is 5.77. The molecule has 0 spiro atoms. The highest BCUT2D eigenvalue weighted by Crippen LogP contribution is 2.54. The highest BCUT2D eigenvalue weighted by Gasteiger charge is 2.48. The maximum absolute atomic E-state index is 6.81. The first-order valence-corrected chi connectivity index (χ1v) is 11.4. The van der Waals surface area contributed by atoms with Gasteiger partial charge in [0.15, 0.2) is 5.69 Å². The molecule has 31 heavy (non-hydrogen) atoms. The van der Waals surface area contributed by atoms with Gasteiger partial charge in [-0.25, -0.2) is 4.48 Å².